The molecule has 12 N–H and O–H groups in total. The van der Waals surface area contributed by atoms with Crippen molar-refractivity contribution in [2.45, 2.75) is 92.7 Å². The molecule has 0 aromatic carbocycles. The van der Waals surface area contributed by atoms with Crippen molar-refractivity contribution in [1.82, 2.24) is 5.32 Å². The highest BCUT2D eigenvalue weighted by molar-refractivity contribution is 5.73. The number of hydrogen-bond acceptors (Lipinski definition) is 16. The number of carbonyl (C=O) groups is 1. The molecule has 2 fully saturated rings. The largest absolute Gasteiger partial charge is 0.394 e. The van der Waals surface area contributed by atoms with Crippen LogP contribution in [0.2, 0.25) is 0 Å². The van der Waals surface area contributed by atoms with Gasteiger partial charge in [-0.3, -0.25) is 4.79 Å². The van der Waals surface area contributed by atoms with E-state index in [0.29, 0.717) is 0 Å². The molecule has 14 atom stereocenters. The molecule has 17 nitrogen and oxygen atoms in total. The van der Waals surface area contributed by atoms with Gasteiger partial charge in [-0.1, -0.05) is 0 Å². The Kier molecular flexibility index (Phi) is 12.4. The molecule has 2 heterocycles. The Morgan fingerprint density at radius 1 is 0.865 bits per heavy atom. The Balaban J connectivity index is 2.33. The van der Waals surface area contributed by atoms with Crippen molar-refractivity contribution in [3.8, 4) is 0 Å². The van der Waals surface area contributed by atoms with E-state index in [4.69, 9.17) is 24.1 Å². The van der Waals surface area contributed by atoms with Crippen molar-refractivity contribution in [1.29, 1.82) is 0 Å². The van der Waals surface area contributed by atoms with Crippen molar-refractivity contribution >= 4 is 5.91 Å². The first-order valence-corrected chi connectivity index (χ1v) is 11.5. The molecule has 17 heteroatoms. The first-order chi connectivity index (χ1) is 17.4. The number of aliphatic hydroxyl groups excluding tert-OH is 11. The molecule has 1 amide bonds. The van der Waals surface area contributed by atoms with E-state index in [9.17, 15) is 55.9 Å². The lowest BCUT2D eigenvalue weighted by atomic mass is 9.96. The first-order valence-electron chi connectivity index (χ1n) is 11.5. The number of nitrogens with one attached hydrogen (secondary N) is 1. The molecule has 0 aromatic rings. The van der Waals surface area contributed by atoms with E-state index >= 15 is 0 Å². The average Bonchev–Trinajstić information content (AvgIpc) is 3.19. The zero-order valence-corrected chi connectivity index (χ0v) is 19.9. The topological polar surface area (TPSA) is 289 Å². The molecule has 2 aliphatic rings. The molecule has 0 aliphatic carbocycles. The van der Waals surface area contributed by atoms with Crippen LogP contribution in [-0.2, 0) is 23.7 Å². The molecule has 0 bridgehead atoms. The Labute approximate surface area is 211 Å². The quantitative estimate of drug-likeness (QED) is 0.102. The molecule has 37 heavy (non-hydrogen) atoms. The Morgan fingerprint density at radius 3 is 2.03 bits per heavy atom. The van der Waals surface area contributed by atoms with Gasteiger partial charge >= 0.3 is 0 Å². The summed E-state index contributed by atoms with van der Waals surface area (Å²) in [6.07, 6.45) is -22.3. The molecule has 0 unspecified atom stereocenters. The van der Waals surface area contributed by atoms with Crippen molar-refractivity contribution < 1.29 is 79.9 Å². The molecule has 2 aliphatic heterocycles. The van der Waals surface area contributed by atoms with Gasteiger partial charge in [0.05, 0.1) is 26.4 Å². The fraction of sp³-hybridized carbons (Fsp3) is 0.950. The molecule has 2 saturated heterocycles. The first kappa shape index (κ1) is 32.1. The fourth-order valence-electron chi connectivity index (χ4n) is 4.04. The molecule has 0 spiro atoms. The Morgan fingerprint density at radius 2 is 1.51 bits per heavy atom. The summed E-state index contributed by atoms with van der Waals surface area (Å²) in [6, 6.07) is -1.44. The van der Waals surface area contributed by atoms with Gasteiger partial charge in [0.25, 0.3) is 0 Å². The molecular formula is C20H37NO16. The lowest BCUT2D eigenvalue weighted by Crippen LogP contribution is -2.65. The summed E-state index contributed by atoms with van der Waals surface area (Å²) < 4.78 is 22.0. The van der Waals surface area contributed by atoms with Gasteiger partial charge in [-0.15, -0.1) is 0 Å². The van der Waals surface area contributed by atoms with Crippen LogP contribution in [0.1, 0.15) is 6.92 Å². The fourth-order valence-corrected chi connectivity index (χ4v) is 4.04. The van der Waals surface area contributed by atoms with Crippen LogP contribution in [0.3, 0.4) is 0 Å². The second-order valence-corrected chi connectivity index (χ2v) is 8.83. The standard InChI is InChI=1S/C20H37NO16/c1-6(26)21-11-15(32)14(31)10(5-25)34-19(11)37-18-16(33)17(8(28)3-23)36-20(18)35-9(4-24)13(30)12(29)7(27)2-22/h7-20,22-25,27-33H,2-5H2,1H3,(H,21,26)/t7-,8-,9+,10-,11-,12+,13-,14-,15-,16+,17+,18-,19-,20+/m1/s1. The highest BCUT2D eigenvalue weighted by Gasteiger charge is 2.53. The van der Waals surface area contributed by atoms with E-state index < -0.39 is 118 Å². The number of carbonyl (C=O) groups excluding carboxylic acids is 1. The summed E-state index contributed by atoms with van der Waals surface area (Å²) in [6.45, 7) is -2.46. The van der Waals surface area contributed by atoms with Gasteiger partial charge in [0.2, 0.25) is 5.91 Å². The monoisotopic (exact) mass is 547 g/mol. The van der Waals surface area contributed by atoms with Crippen molar-refractivity contribution in [3.05, 3.63) is 0 Å². The van der Waals surface area contributed by atoms with Crippen molar-refractivity contribution in [2.75, 3.05) is 26.4 Å². The van der Waals surface area contributed by atoms with Gasteiger partial charge in [-0.2, -0.15) is 0 Å². The second-order valence-electron chi connectivity index (χ2n) is 8.83. The van der Waals surface area contributed by atoms with E-state index in [-0.39, 0.29) is 0 Å². The average molecular weight is 548 g/mol. The van der Waals surface area contributed by atoms with E-state index in [1.54, 1.807) is 0 Å². The number of hydrogen-bond donors (Lipinski definition) is 12. The summed E-state index contributed by atoms with van der Waals surface area (Å²) >= 11 is 0. The van der Waals surface area contributed by atoms with Gasteiger partial charge in [0.1, 0.15) is 73.2 Å². The van der Waals surface area contributed by atoms with Gasteiger partial charge in [-0.05, 0) is 0 Å². The SMILES string of the molecule is CC(=O)N[C@H]1[C@@H](O[C@H]2[C@@H](O[C@@H](CO)[C@@H](O)[C@@H](O)[C@H](O)CO)O[C@@H]([C@H](O)CO)[C@@H]2O)O[C@H](CO)[C@@H](O)[C@@H]1O. The lowest BCUT2D eigenvalue weighted by molar-refractivity contribution is -0.309. The molecule has 2 rings (SSSR count). The predicted octanol–water partition coefficient (Wildman–Crippen LogP) is -7.79. The third-order valence-electron chi connectivity index (χ3n) is 6.14. The highest BCUT2D eigenvalue weighted by atomic mass is 16.8. The zero-order chi connectivity index (χ0) is 28.0. The van der Waals surface area contributed by atoms with Gasteiger partial charge in [0, 0.05) is 6.92 Å². The van der Waals surface area contributed by atoms with Gasteiger partial charge in [-0.25, -0.2) is 0 Å². The van der Waals surface area contributed by atoms with Crippen LogP contribution in [-0.4, -0.2) is 174 Å². The third-order valence-corrected chi connectivity index (χ3v) is 6.14. The van der Waals surface area contributed by atoms with Crippen LogP contribution in [0, 0.1) is 0 Å². The maximum Gasteiger partial charge on any atom is 0.217 e. The maximum absolute atomic E-state index is 11.7. The predicted molar refractivity (Wildman–Crippen MR) is 115 cm³/mol. The summed E-state index contributed by atoms with van der Waals surface area (Å²) in [5.74, 6) is -0.666. The van der Waals surface area contributed by atoms with Gasteiger partial charge < -0.3 is 80.4 Å². The lowest BCUT2D eigenvalue weighted by Gasteiger charge is -2.43. The van der Waals surface area contributed by atoms with Gasteiger partial charge in [0.15, 0.2) is 12.6 Å². The Bertz CT molecular complexity index is 703. The van der Waals surface area contributed by atoms with Crippen LogP contribution < -0.4 is 5.32 Å². The summed E-state index contributed by atoms with van der Waals surface area (Å²) in [5.41, 5.74) is 0. The third kappa shape index (κ3) is 7.50. The summed E-state index contributed by atoms with van der Waals surface area (Å²) in [5, 5.41) is 111. The number of rotatable bonds is 13. The normalized spacial score (nSPS) is 38.5. The minimum Gasteiger partial charge on any atom is -0.394 e. The Hall–Kier alpha value is -1.13. The zero-order valence-electron chi connectivity index (χ0n) is 19.9. The van der Waals surface area contributed by atoms with E-state index in [1.165, 1.54) is 0 Å². The summed E-state index contributed by atoms with van der Waals surface area (Å²) in [7, 11) is 0. The number of amides is 1. The van der Waals surface area contributed by atoms with Crippen molar-refractivity contribution in [3.63, 3.8) is 0 Å². The van der Waals surface area contributed by atoms with Crippen LogP contribution in [0.4, 0.5) is 0 Å². The molecule has 0 saturated carbocycles. The molecule has 218 valence electrons. The minimum absolute atomic E-state index is 0.666. The van der Waals surface area contributed by atoms with E-state index in [0.717, 1.165) is 6.92 Å². The molecule has 0 radical (unpaired) electrons. The molecule has 0 aromatic heterocycles. The maximum atomic E-state index is 11.7. The second kappa shape index (κ2) is 14.3. The smallest absolute Gasteiger partial charge is 0.217 e. The van der Waals surface area contributed by atoms with E-state index in [1.807, 2.05) is 0 Å². The van der Waals surface area contributed by atoms with Crippen molar-refractivity contribution in [2.24, 2.45) is 0 Å². The van der Waals surface area contributed by atoms with Crippen LogP contribution in [0.25, 0.3) is 0 Å². The molecular weight excluding hydrogens is 510 g/mol. The van der Waals surface area contributed by atoms with E-state index in [2.05, 4.69) is 5.32 Å². The van der Waals surface area contributed by atoms with Crippen LogP contribution >= 0.6 is 0 Å². The minimum atomic E-state index is -2.00. The number of aliphatic hydroxyl groups is 11. The van der Waals surface area contributed by atoms with Crippen LogP contribution in [0.5, 0.6) is 0 Å². The number of ether oxygens (including phenoxy) is 4. The van der Waals surface area contributed by atoms with Crippen LogP contribution in [0.15, 0.2) is 0 Å². The summed E-state index contributed by atoms with van der Waals surface area (Å²) in [4.78, 5) is 11.7. The highest BCUT2D eigenvalue weighted by Crippen LogP contribution is 2.32.